The molecular weight excluding hydrogens is 349 g/mol. The lowest BCUT2D eigenvalue weighted by Gasteiger charge is -2.27. The van der Waals surface area contributed by atoms with Crippen LogP contribution >= 0.6 is 0 Å². The van der Waals surface area contributed by atoms with Crippen molar-refractivity contribution in [1.29, 1.82) is 0 Å². The fourth-order valence-corrected chi connectivity index (χ4v) is 4.95. The Kier molecular flexibility index (Phi) is 3.59. The van der Waals surface area contributed by atoms with Gasteiger partial charge in [-0.15, -0.1) is 0 Å². The van der Waals surface area contributed by atoms with Crippen LogP contribution in [0.5, 0.6) is 0 Å². The molecule has 5 rings (SSSR count). The number of carboxylic acids is 1. The number of aromatic nitrogens is 1. The summed E-state index contributed by atoms with van der Waals surface area (Å²) in [7, 11) is 0. The highest BCUT2D eigenvalue weighted by molar-refractivity contribution is 5.89. The first kappa shape index (κ1) is 16.7. The SMILES string of the molecule is N[C@H]1CC2CCCc3c(c(F)cn4c(=O)c(C(=O)O)cc(C5CC5)c34)N2C1. The standard InChI is InChI=1S/C20H22FN3O3/c21-16-9-24-17(14(10-4-5-10)7-15(19(24)25)20(26)27)13-3-1-2-12-6-11(22)8-23(12)18(13)16/h7,9-12H,1-6,8,22H2,(H,26,27)/t11-,12?/m0/s1. The second-order valence-electron chi connectivity index (χ2n) is 8.11. The maximum Gasteiger partial charge on any atom is 0.341 e. The van der Waals surface area contributed by atoms with Crippen molar-refractivity contribution in [3.63, 3.8) is 0 Å². The highest BCUT2D eigenvalue weighted by atomic mass is 19.1. The first-order valence-electron chi connectivity index (χ1n) is 9.62. The number of fused-ring (bicyclic) bond motifs is 5. The number of nitrogens with zero attached hydrogens (tertiary/aromatic N) is 2. The van der Waals surface area contributed by atoms with E-state index in [1.165, 1.54) is 16.7 Å². The summed E-state index contributed by atoms with van der Waals surface area (Å²) in [5.74, 6) is -1.49. The summed E-state index contributed by atoms with van der Waals surface area (Å²) in [5.41, 5.74) is 8.17. The fraction of sp³-hybridized carbons (Fsp3) is 0.500. The van der Waals surface area contributed by atoms with Crippen molar-refractivity contribution in [1.82, 2.24) is 4.40 Å². The molecule has 7 heteroatoms. The van der Waals surface area contributed by atoms with E-state index in [-0.39, 0.29) is 23.6 Å². The van der Waals surface area contributed by atoms with Gasteiger partial charge in [0, 0.05) is 24.2 Å². The van der Waals surface area contributed by atoms with Gasteiger partial charge < -0.3 is 15.7 Å². The molecule has 2 aromatic heterocycles. The molecule has 2 fully saturated rings. The Labute approximate surface area is 155 Å². The molecule has 0 aromatic carbocycles. The normalized spacial score (nSPS) is 24.6. The van der Waals surface area contributed by atoms with Crippen molar-refractivity contribution in [2.24, 2.45) is 5.73 Å². The molecule has 3 aliphatic rings. The Bertz CT molecular complexity index is 1030. The zero-order valence-electron chi connectivity index (χ0n) is 14.9. The largest absolute Gasteiger partial charge is 0.477 e. The molecule has 0 amide bonds. The molecule has 1 unspecified atom stereocenters. The fourth-order valence-electron chi connectivity index (χ4n) is 4.95. The summed E-state index contributed by atoms with van der Waals surface area (Å²) in [4.78, 5) is 26.4. The van der Waals surface area contributed by atoms with Crippen molar-refractivity contribution in [2.45, 2.75) is 56.5 Å². The third-order valence-corrected chi connectivity index (χ3v) is 6.25. The van der Waals surface area contributed by atoms with E-state index in [1.54, 1.807) is 0 Å². The molecular formula is C20H22FN3O3. The summed E-state index contributed by atoms with van der Waals surface area (Å²) in [6.45, 7) is 0.612. The Hall–Kier alpha value is -2.41. The second-order valence-corrected chi connectivity index (χ2v) is 8.11. The van der Waals surface area contributed by atoms with Gasteiger partial charge in [0.2, 0.25) is 0 Å². The van der Waals surface area contributed by atoms with Gasteiger partial charge >= 0.3 is 5.97 Å². The van der Waals surface area contributed by atoms with Crippen LogP contribution in [0.1, 0.15) is 59.5 Å². The predicted molar refractivity (Wildman–Crippen MR) is 99.2 cm³/mol. The van der Waals surface area contributed by atoms with Gasteiger partial charge in [-0.2, -0.15) is 0 Å². The van der Waals surface area contributed by atoms with Crippen LogP contribution in [0.2, 0.25) is 0 Å². The van der Waals surface area contributed by atoms with E-state index in [0.717, 1.165) is 43.2 Å². The highest BCUT2D eigenvalue weighted by Crippen LogP contribution is 2.45. The van der Waals surface area contributed by atoms with Crippen molar-refractivity contribution < 1.29 is 14.3 Å². The van der Waals surface area contributed by atoms with E-state index in [2.05, 4.69) is 4.90 Å². The molecule has 1 saturated heterocycles. The van der Waals surface area contributed by atoms with Crippen molar-refractivity contribution in [3.8, 4) is 0 Å². The quantitative estimate of drug-likeness (QED) is 0.845. The Morgan fingerprint density at radius 2 is 2.07 bits per heavy atom. The van der Waals surface area contributed by atoms with Crippen LogP contribution in [0.3, 0.4) is 0 Å². The minimum Gasteiger partial charge on any atom is -0.477 e. The molecule has 27 heavy (non-hydrogen) atoms. The van der Waals surface area contributed by atoms with Crippen molar-refractivity contribution in [3.05, 3.63) is 45.1 Å². The number of hydrogen-bond donors (Lipinski definition) is 2. The molecule has 0 spiro atoms. The zero-order chi connectivity index (χ0) is 18.9. The van der Waals surface area contributed by atoms with Gasteiger partial charge in [0.25, 0.3) is 5.56 Å². The monoisotopic (exact) mass is 371 g/mol. The van der Waals surface area contributed by atoms with E-state index in [1.807, 2.05) is 0 Å². The van der Waals surface area contributed by atoms with Crippen LogP contribution in [0.25, 0.3) is 5.52 Å². The molecule has 2 atom stereocenters. The molecule has 0 radical (unpaired) electrons. The van der Waals surface area contributed by atoms with E-state index >= 15 is 4.39 Å². The van der Waals surface area contributed by atoms with Gasteiger partial charge in [-0.05, 0) is 56.1 Å². The summed E-state index contributed by atoms with van der Waals surface area (Å²) in [6.07, 6.45) is 6.51. The summed E-state index contributed by atoms with van der Waals surface area (Å²) in [5, 5.41) is 9.43. The second kappa shape index (κ2) is 5.79. The minimum atomic E-state index is -1.27. The average molecular weight is 371 g/mol. The van der Waals surface area contributed by atoms with Crippen LogP contribution in [-0.4, -0.2) is 34.1 Å². The molecule has 1 aliphatic carbocycles. The van der Waals surface area contributed by atoms with Gasteiger partial charge in [0.15, 0.2) is 5.82 Å². The number of carbonyl (C=O) groups is 1. The summed E-state index contributed by atoms with van der Waals surface area (Å²) < 4.78 is 16.5. The van der Waals surface area contributed by atoms with Crippen LogP contribution < -0.4 is 16.2 Å². The third kappa shape index (κ3) is 2.48. The maximum absolute atomic E-state index is 15.2. The van der Waals surface area contributed by atoms with E-state index in [4.69, 9.17) is 5.73 Å². The van der Waals surface area contributed by atoms with E-state index in [9.17, 15) is 14.7 Å². The number of aromatic carboxylic acids is 1. The average Bonchev–Trinajstić information content (AvgIpc) is 3.40. The molecule has 2 aliphatic heterocycles. The first-order valence-corrected chi connectivity index (χ1v) is 9.62. The smallest absolute Gasteiger partial charge is 0.341 e. The maximum atomic E-state index is 15.2. The number of halogens is 1. The molecule has 142 valence electrons. The number of aryl methyl sites for hydroxylation is 1. The molecule has 3 N–H and O–H groups in total. The Morgan fingerprint density at radius 3 is 2.78 bits per heavy atom. The molecule has 2 aromatic rings. The number of rotatable bonds is 2. The summed E-state index contributed by atoms with van der Waals surface area (Å²) >= 11 is 0. The topological polar surface area (TPSA) is 88.0 Å². The van der Waals surface area contributed by atoms with Crippen molar-refractivity contribution >= 4 is 17.2 Å². The van der Waals surface area contributed by atoms with Crippen LogP contribution in [0.15, 0.2) is 17.1 Å². The Balaban J connectivity index is 1.85. The lowest BCUT2D eigenvalue weighted by Crippen LogP contribution is -2.32. The van der Waals surface area contributed by atoms with Gasteiger partial charge in [-0.3, -0.25) is 9.20 Å². The number of pyridine rings is 2. The van der Waals surface area contributed by atoms with Gasteiger partial charge in [-0.1, -0.05) is 0 Å². The lowest BCUT2D eigenvalue weighted by molar-refractivity contribution is 0.0694. The van der Waals surface area contributed by atoms with Crippen LogP contribution in [0, 0.1) is 5.82 Å². The number of nitrogens with two attached hydrogens (primary N) is 1. The minimum absolute atomic E-state index is 0.0241. The molecule has 6 nitrogen and oxygen atoms in total. The van der Waals surface area contributed by atoms with Gasteiger partial charge in [0.1, 0.15) is 5.56 Å². The highest BCUT2D eigenvalue weighted by Gasteiger charge is 2.37. The summed E-state index contributed by atoms with van der Waals surface area (Å²) in [6, 6.07) is 1.78. The molecule has 1 saturated carbocycles. The van der Waals surface area contributed by atoms with Crippen LogP contribution in [-0.2, 0) is 6.42 Å². The van der Waals surface area contributed by atoms with Gasteiger partial charge in [-0.25, -0.2) is 9.18 Å². The van der Waals surface area contributed by atoms with E-state index in [0.29, 0.717) is 24.2 Å². The number of hydrogen-bond acceptors (Lipinski definition) is 4. The van der Waals surface area contributed by atoms with E-state index < -0.39 is 17.3 Å². The number of carboxylic acid groups (broad SMARTS) is 1. The number of anilines is 1. The lowest BCUT2D eigenvalue weighted by atomic mass is 9.98. The zero-order valence-corrected chi connectivity index (χ0v) is 14.9. The van der Waals surface area contributed by atoms with Crippen LogP contribution in [0.4, 0.5) is 10.1 Å². The molecule has 0 bridgehead atoms. The van der Waals surface area contributed by atoms with Gasteiger partial charge in [0.05, 0.1) is 17.4 Å². The van der Waals surface area contributed by atoms with Crippen molar-refractivity contribution in [2.75, 3.05) is 11.4 Å². The predicted octanol–water partition coefficient (Wildman–Crippen LogP) is 2.26. The molecule has 4 heterocycles. The Morgan fingerprint density at radius 1 is 1.30 bits per heavy atom. The first-order chi connectivity index (χ1) is 13.0. The third-order valence-electron chi connectivity index (χ3n) is 6.25.